The molecule has 0 unspecified atom stereocenters. The topological polar surface area (TPSA) is 29.9 Å². The van der Waals surface area contributed by atoms with Gasteiger partial charge in [0.05, 0.1) is 5.69 Å². The number of rotatable bonds is 5. The monoisotopic (exact) mass is 241 g/mol. The summed E-state index contributed by atoms with van der Waals surface area (Å²) >= 11 is 5.93. The van der Waals surface area contributed by atoms with Crippen LogP contribution in [0.3, 0.4) is 0 Å². The molecule has 1 saturated carbocycles. The van der Waals surface area contributed by atoms with Crippen molar-refractivity contribution in [2.45, 2.75) is 44.7 Å². The van der Waals surface area contributed by atoms with Crippen LogP contribution in [0.1, 0.15) is 38.4 Å². The lowest BCUT2D eigenvalue weighted by Crippen LogP contribution is -2.33. The molecule has 0 aliphatic heterocycles. The van der Waals surface area contributed by atoms with Gasteiger partial charge in [0.25, 0.3) is 0 Å². The molecule has 1 heterocycles. The van der Waals surface area contributed by atoms with Crippen LogP contribution < -0.4 is 5.32 Å². The maximum absolute atomic E-state index is 5.93. The van der Waals surface area contributed by atoms with E-state index in [2.05, 4.69) is 30.3 Å². The molecular weight excluding hydrogens is 222 g/mol. The predicted octanol–water partition coefficient (Wildman–Crippen LogP) is 2.57. The standard InChI is InChI=1S/C12H20ClN3/c1-9(2)16-4-3-12(15-16)8-14-7-10-5-11(13)6-10/h3-4,9-11,14H,5-8H2,1-2H3. The molecule has 90 valence electrons. The lowest BCUT2D eigenvalue weighted by Gasteiger charge is -2.30. The maximum atomic E-state index is 5.93. The van der Waals surface area contributed by atoms with Crippen molar-refractivity contribution in [3.63, 3.8) is 0 Å². The van der Waals surface area contributed by atoms with Gasteiger partial charge in [0.2, 0.25) is 0 Å². The Morgan fingerprint density at radius 3 is 2.88 bits per heavy atom. The SMILES string of the molecule is CC(C)n1ccc(CNCC2CC(Cl)C2)n1. The highest BCUT2D eigenvalue weighted by Gasteiger charge is 2.26. The van der Waals surface area contributed by atoms with Gasteiger partial charge in [0, 0.05) is 24.2 Å². The first-order valence-electron chi connectivity index (χ1n) is 6.04. The number of nitrogens with one attached hydrogen (secondary N) is 1. The highest BCUT2D eigenvalue weighted by atomic mass is 35.5. The van der Waals surface area contributed by atoms with Crippen LogP contribution in [0, 0.1) is 5.92 Å². The first-order valence-corrected chi connectivity index (χ1v) is 6.47. The van der Waals surface area contributed by atoms with Crippen LogP contribution >= 0.6 is 11.6 Å². The number of aromatic nitrogens is 2. The maximum Gasteiger partial charge on any atom is 0.0762 e. The Morgan fingerprint density at radius 2 is 2.31 bits per heavy atom. The minimum atomic E-state index is 0.423. The molecule has 0 spiro atoms. The van der Waals surface area contributed by atoms with Gasteiger partial charge in [-0.1, -0.05) is 0 Å². The summed E-state index contributed by atoms with van der Waals surface area (Å²) in [5, 5.41) is 8.36. The average Bonchev–Trinajstić information content (AvgIpc) is 2.63. The highest BCUT2D eigenvalue weighted by Crippen LogP contribution is 2.31. The second-order valence-electron chi connectivity index (χ2n) is 4.95. The molecule has 1 aliphatic rings. The van der Waals surface area contributed by atoms with Crippen molar-refractivity contribution in [2.75, 3.05) is 6.54 Å². The quantitative estimate of drug-likeness (QED) is 0.803. The number of alkyl halides is 1. The van der Waals surface area contributed by atoms with Gasteiger partial charge < -0.3 is 5.32 Å². The molecule has 0 saturated heterocycles. The van der Waals surface area contributed by atoms with Gasteiger partial charge in [-0.15, -0.1) is 11.6 Å². The fourth-order valence-corrected chi connectivity index (χ4v) is 2.49. The van der Waals surface area contributed by atoms with Crippen molar-refractivity contribution in [2.24, 2.45) is 5.92 Å². The average molecular weight is 242 g/mol. The molecule has 1 fully saturated rings. The molecule has 1 aromatic rings. The largest absolute Gasteiger partial charge is 0.311 e. The first-order chi connectivity index (χ1) is 7.65. The summed E-state index contributed by atoms with van der Waals surface area (Å²) in [7, 11) is 0. The van der Waals surface area contributed by atoms with Crippen LogP contribution in [-0.4, -0.2) is 21.7 Å². The molecule has 2 rings (SSSR count). The minimum Gasteiger partial charge on any atom is -0.311 e. The van der Waals surface area contributed by atoms with Crippen LogP contribution in [0.2, 0.25) is 0 Å². The Kier molecular flexibility index (Phi) is 3.87. The molecule has 1 aromatic heterocycles. The summed E-state index contributed by atoms with van der Waals surface area (Å²) in [4.78, 5) is 0. The Labute approximate surface area is 102 Å². The summed E-state index contributed by atoms with van der Waals surface area (Å²) < 4.78 is 2.00. The van der Waals surface area contributed by atoms with Crippen LogP contribution in [0.25, 0.3) is 0 Å². The predicted molar refractivity (Wildman–Crippen MR) is 66.7 cm³/mol. The molecular formula is C12H20ClN3. The molecule has 0 amide bonds. The molecule has 0 atom stereocenters. The summed E-state index contributed by atoms with van der Waals surface area (Å²) in [6, 6.07) is 2.52. The normalized spacial score (nSPS) is 24.8. The molecule has 0 bridgehead atoms. The smallest absolute Gasteiger partial charge is 0.0762 e. The van der Waals surface area contributed by atoms with Gasteiger partial charge in [-0.3, -0.25) is 4.68 Å². The van der Waals surface area contributed by atoms with E-state index in [4.69, 9.17) is 11.6 Å². The van der Waals surface area contributed by atoms with Crippen LogP contribution in [0.15, 0.2) is 12.3 Å². The van der Waals surface area contributed by atoms with E-state index in [-0.39, 0.29) is 0 Å². The van der Waals surface area contributed by atoms with E-state index in [1.807, 2.05) is 10.9 Å². The van der Waals surface area contributed by atoms with Crippen molar-refractivity contribution in [3.05, 3.63) is 18.0 Å². The Balaban J connectivity index is 1.68. The van der Waals surface area contributed by atoms with Gasteiger partial charge in [-0.2, -0.15) is 5.10 Å². The zero-order chi connectivity index (χ0) is 11.5. The van der Waals surface area contributed by atoms with Gasteiger partial charge in [-0.25, -0.2) is 0 Å². The number of halogens is 1. The zero-order valence-electron chi connectivity index (χ0n) is 9.99. The molecule has 1 aliphatic carbocycles. The summed E-state index contributed by atoms with van der Waals surface area (Å²) in [6.45, 7) is 6.21. The van der Waals surface area contributed by atoms with Crippen LogP contribution in [-0.2, 0) is 6.54 Å². The molecule has 16 heavy (non-hydrogen) atoms. The first kappa shape index (κ1) is 11.9. The fourth-order valence-electron chi connectivity index (χ4n) is 1.98. The third-order valence-corrected chi connectivity index (χ3v) is 3.47. The van der Waals surface area contributed by atoms with Crippen LogP contribution in [0.5, 0.6) is 0 Å². The molecule has 0 aromatic carbocycles. The Hall–Kier alpha value is -0.540. The molecule has 3 nitrogen and oxygen atoms in total. The van der Waals surface area contributed by atoms with Crippen molar-refractivity contribution < 1.29 is 0 Å². The van der Waals surface area contributed by atoms with Crippen molar-refractivity contribution in [1.82, 2.24) is 15.1 Å². The zero-order valence-corrected chi connectivity index (χ0v) is 10.7. The Morgan fingerprint density at radius 1 is 1.56 bits per heavy atom. The van der Waals surface area contributed by atoms with Crippen LogP contribution in [0.4, 0.5) is 0 Å². The fraction of sp³-hybridized carbons (Fsp3) is 0.750. The second kappa shape index (κ2) is 5.19. The third kappa shape index (κ3) is 2.98. The van der Waals surface area contributed by atoms with Crippen molar-refractivity contribution >= 4 is 11.6 Å². The van der Waals surface area contributed by atoms with Gasteiger partial charge in [0.1, 0.15) is 0 Å². The minimum absolute atomic E-state index is 0.423. The van der Waals surface area contributed by atoms with E-state index in [1.54, 1.807) is 0 Å². The summed E-state index contributed by atoms with van der Waals surface area (Å²) in [5.41, 5.74) is 1.12. The number of hydrogen-bond acceptors (Lipinski definition) is 2. The van der Waals surface area contributed by atoms with E-state index >= 15 is 0 Å². The highest BCUT2D eigenvalue weighted by molar-refractivity contribution is 6.21. The van der Waals surface area contributed by atoms with E-state index in [0.717, 1.165) is 37.5 Å². The van der Waals surface area contributed by atoms with Crippen molar-refractivity contribution in [3.8, 4) is 0 Å². The van der Waals surface area contributed by atoms with Gasteiger partial charge in [-0.05, 0) is 45.2 Å². The molecule has 4 heteroatoms. The van der Waals surface area contributed by atoms with Gasteiger partial charge in [0.15, 0.2) is 0 Å². The molecule has 0 radical (unpaired) electrons. The van der Waals surface area contributed by atoms with Gasteiger partial charge >= 0.3 is 0 Å². The summed E-state index contributed by atoms with van der Waals surface area (Å²) in [5.74, 6) is 0.773. The molecule has 1 N–H and O–H groups in total. The van der Waals surface area contributed by atoms with E-state index < -0.39 is 0 Å². The number of hydrogen-bond donors (Lipinski definition) is 1. The second-order valence-corrected chi connectivity index (χ2v) is 5.56. The lowest BCUT2D eigenvalue weighted by molar-refractivity contribution is 0.307. The van der Waals surface area contributed by atoms with E-state index in [0.29, 0.717) is 11.4 Å². The number of nitrogens with zero attached hydrogens (tertiary/aromatic N) is 2. The van der Waals surface area contributed by atoms with E-state index in [1.165, 1.54) is 0 Å². The third-order valence-electron chi connectivity index (χ3n) is 3.11. The Bertz CT molecular complexity index is 329. The van der Waals surface area contributed by atoms with Crippen molar-refractivity contribution in [1.29, 1.82) is 0 Å². The lowest BCUT2D eigenvalue weighted by atomic mass is 9.85. The summed E-state index contributed by atoms with van der Waals surface area (Å²) in [6.07, 6.45) is 4.36. The van der Waals surface area contributed by atoms with E-state index in [9.17, 15) is 0 Å².